The van der Waals surface area contributed by atoms with Crippen LogP contribution in [0.15, 0.2) is 0 Å². The molecule has 0 aliphatic heterocycles. The van der Waals surface area contributed by atoms with E-state index in [2.05, 4.69) is 5.32 Å². The van der Waals surface area contributed by atoms with Gasteiger partial charge in [0.25, 0.3) is 0 Å². The number of carbonyl (C=O) groups excluding carboxylic acids is 1. The summed E-state index contributed by atoms with van der Waals surface area (Å²) < 4.78 is 0. The standard InChI is InChI=1S/C14H24N2O3/c15-12(10-5-6-10)7-13(17)16-8-9-1-3-11(4-2-9)14(18)19/h9-12H,1-8,15H2,(H,16,17)(H,18,19). The molecule has 2 aliphatic carbocycles. The van der Waals surface area contributed by atoms with Crippen molar-refractivity contribution in [3.8, 4) is 0 Å². The van der Waals surface area contributed by atoms with Crippen molar-refractivity contribution in [1.29, 1.82) is 0 Å². The van der Waals surface area contributed by atoms with Crippen LogP contribution >= 0.6 is 0 Å². The van der Waals surface area contributed by atoms with Gasteiger partial charge in [0.1, 0.15) is 0 Å². The predicted molar refractivity (Wildman–Crippen MR) is 71.4 cm³/mol. The Morgan fingerprint density at radius 1 is 1.16 bits per heavy atom. The van der Waals surface area contributed by atoms with E-state index in [9.17, 15) is 9.59 Å². The van der Waals surface area contributed by atoms with Crippen LogP contribution in [0.2, 0.25) is 0 Å². The van der Waals surface area contributed by atoms with Crippen molar-refractivity contribution in [2.75, 3.05) is 6.54 Å². The molecule has 1 atom stereocenters. The minimum absolute atomic E-state index is 0.0164. The molecule has 0 heterocycles. The monoisotopic (exact) mass is 268 g/mol. The Morgan fingerprint density at radius 2 is 1.79 bits per heavy atom. The second-order valence-corrected chi connectivity index (χ2v) is 6.07. The summed E-state index contributed by atoms with van der Waals surface area (Å²) in [6.45, 7) is 0.669. The Morgan fingerprint density at radius 3 is 2.32 bits per heavy atom. The van der Waals surface area contributed by atoms with Crippen molar-refractivity contribution < 1.29 is 14.7 Å². The summed E-state index contributed by atoms with van der Waals surface area (Å²) in [4.78, 5) is 22.6. The Labute approximate surface area is 113 Å². The van der Waals surface area contributed by atoms with Crippen LogP contribution in [0.4, 0.5) is 0 Å². The van der Waals surface area contributed by atoms with Gasteiger partial charge in [-0.25, -0.2) is 0 Å². The van der Waals surface area contributed by atoms with Gasteiger partial charge < -0.3 is 16.2 Å². The first-order valence-electron chi connectivity index (χ1n) is 7.31. The van der Waals surface area contributed by atoms with Crippen LogP contribution in [-0.4, -0.2) is 29.6 Å². The molecule has 108 valence electrons. The first-order chi connectivity index (χ1) is 9.06. The largest absolute Gasteiger partial charge is 0.481 e. The van der Waals surface area contributed by atoms with Gasteiger partial charge in [-0.15, -0.1) is 0 Å². The molecule has 2 rings (SSSR count). The highest BCUT2D eigenvalue weighted by molar-refractivity contribution is 5.76. The summed E-state index contributed by atoms with van der Waals surface area (Å²) in [7, 11) is 0. The van der Waals surface area contributed by atoms with Crippen LogP contribution < -0.4 is 11.1 Å². The van der Waals surface area contributed by atoms with E-state index in [1.807, 2.05) is 0 Å². The third-order valence-electron chi connectivity index (χ3n) is 4.43. The molecular formula is C14H24N2O3. The molecule has 19 heavy (non-hydrogen) atoms. The molecular weight excluding hydrogens is 244 g/mol. The lowest BCUT2D eigenvalue weighted by Gasteiger charge is -2.26. The molecule has 5 heteroatoms. The second kappa shape index (κ2) is 6.37. The van der Waals surface area contributed by atoms with E-state index in [1.165, 1.54) is 0 Å². The first kappa shape index (κ1) is 14.3. The zero-order valence-corrected chi connectivity index (χ0v) is 11.3. The number of rotatable bonds is 6. The SMILES string of the molecule is NC(CC(=O)NCC1CCC(C(=O)O)CC1)C1CC1. The molecule has 0 radical (unpaired) electrons. The molecule has 0 saturated heterocycles. The van der Waals surface area contributed by atoms with Gasteiger partial charge in [-0.05, 0) is 50.4 Å². The van der Waals surface area contributed by atoms with E-state index in [4.69, 9.17) is 10.8 Å². The zero-order valence-electron chi connectivity index (χ0n) is 11.3. The number of aliphatic carboxylic acids is 1. The van der Waals surface area contributed by atoms with Crippen LogP contribution in [0.25, 0.3) is 0 Å². The van der Waals surface area contributed by atoms with Gasteiger partial charge in [0.2, 0.25) is 5.91 Å². The van der Waals surface area contributed by atoms with Gasteiger partial charge in [-0.3, -0.25) is 9.59 Å². The summed E-state index contributed by atoms with van der Waals surface area (Å²) >= 11 is 0. The van der Waals surface area contributed by atoms with Crippen LogP contribution in [0, 0.1) is 17.8 Å². The molecule has 4 N–H and O–H groups in total. The molecule has 0 aromatic carbocycles. The van der Waals surface area contributed by atoms with Crippen molar-refractivity contribution in [1.82, 2.24) is 5.32 Å². The Kier molecular flexibility index (Phi) is 4.80. The maximum Gasteiger partial charge on any atom is 0.306 e. The molecule has 2 aliphatic rings. The second-order valence-electron chi connectivity index (χ2n) is 6.07. The predicted octanol–water partition coefficient (Wildman–Crippen LogP) is 1.12. The molecule has 1 unspecified atom stereocenters. The molecule has 0 spiro atoms. The summed E-state index contributed by atoms with van der Waals surface area (Å²) in [6, 6.07) is 0.0164. The number of hydrogen-bond acceptors (Lipinski definition) is 3. The summed E-state index contributed by atoms with van der Waals surface area (Å²) in [5, 5.41) is 11.9. The molecule has 0 bridgehead atoms. The van der Waals surface area contributed by atoms with E-state index in [0.717, 1.165) is 38.5 Å². The molecule has 2 saturated carbocycles. The normalized spacial score (nSPS) is 28.7. The zero-order chi connectivity index (χ0) is 13.8. The maximum atomic E-state index is 11.7. The van der Waals surface area contributed by atoms with E-state index >= 15 is 0 Å². The minimum Gasteiger partial charge on any atom is -0.481 e. The molecule has 2 fully saturated rings. The number of nitrogens with one attached hydrogen (secondary N) is 1. The third kappa shape index (κ3) is 4.49. The summed E-state index contributed by atoms with van der Waals surface area (Å²) in [5.41, 5.74) is 5.91. The van der Waals surface area contributed by atoms with Crippen molar-refractivity contribution in [2.45, 2.75) is 51.0 Å². The quantitative estimate of drug-likeness (QED) is 0.673. The summed E-state index contributed by atoms with van der Waals surface area (Å²) in [6.07, 6.45) is 6.00. The lowest BCUT2D eigenvalue weighted by atomic mass is 9.82. The topological polar surface area (TPSA) is 92.4 Å². The average molecular weight is 268 g/mol. The smallest absolute Gasteiger partial charge is 0.306 e. The van der Waals surface area contributed by atoms with Gasteiger partial charge in [0, 0.05) is 19.0 Å². The number of nitrogens with two attached hydrogens (primary N) is 1. The summed E-state index contributed by atoms with van der Waals surface area (Å²) in [5.74, 6) is 0.154. The number of carbonyl (C=O) groups is 2. The van der Waals surface area contributed by atoms with Crippen molar-refractivity contribution >= 4 is 11.9 Å². The van der Waals surface area contributed by atoms with Crippen molar-refractivity contribution in [3.05, 3.63) is 0 Å². The first-order valence-corrected chi connectivity index (χ1v) is 7.31. The molecule has 0 aromatic heterocycles. The number of carboxylic acid groups (broad SMARTS) is 1. The van der Waals surface area contributed by atoms with E-state index in [1.54, 1.807) is 0 Å². The van der Waals surface area contributed by atoms with Gasteiger partial charge in [0.05, 0.1) is 5.92 Å². The maximum absolute atomic E-state index is 11.7. The third-order valence-corrected chi connectivity index (χ3v) is 4.43. The van der Waals surface area contributed by atoms with Gasteiger partial charge >= 0.3 is 5.97 Å². The number of hydrogen-bond donors (Lipinski definition) is 3. The number of amides is 1. The number of carboxylic acids is 1. The van der Waals surface area contributed by atoms with Crippen LogP contribution in [0.3, 0.4) is 0 Å². The molecule has 5 nitrogen and oxygen atoms in total. The fourth-order valence-electron chi connectivity index (χ4n) is 2.85. The molecule has 0 aromatic rings. The van der Waals surface area contributed by atoms with Gasteiger partial charge in [0.15, 0.2) is 0 Å². The van der Waals surface area contributed by atoms with E-state index in [0.29, 0.717) is 24.8 Å². The Bertz CT molecular complexity index is 334. The van der Waals surface area contributed by atoms with E-state index in [-0.39, 0.29) is 17.9 Å². The lowest BCUT2D eigenvalue weighted by molar-refractivity contribution is -0.143. The highest BCUT2D eigenvalue weighted by Crippen LogP contribution is 2.32. The lowest BCUT2D eigenvalue weighted by Crippen LogP contribution is -2.36. The minimum atomic E-state index is -0.683. The fourth-order valence-corrected chi connectivity index (χ4v) is 2.85. The Balaban J connectivity index is 1.60. The van der Waals surface area contributed by atoms with Crippen LogP contribution in [-0.2, 0) is 9.59 Å². The van der Waals surface area contributed by atoms with Crippen molar-refractivity contribution in [3.63, 3.8) is 0 Å². The van der Waals surface area contributed by atoms with Crippen LogP contribution in [0.5, 0.6) is 0 Å². The fraction of sp³-hybridized carbons (Fsp3) is 0.857. The van der Waals surface area contributed by atoms with Crippen LogP contribution in [0.1, 0.15) is 44.9 Å². The van der Waals surface area contributed by atoms with Crippen molar-refractivity contribution in [2.24, 2.45) is 23.5 Å². The highest BCUT2D eigenvalue weighted by atomic mass is 16.4. The highest BCUT2D eigenvalue weighted by Gasteiger charge is 2.30. The van der Waals surface area contributed by atoms with Gasteiger partial charge in [-0.1, -0.05) is 0 Å². The average Bonchev–Trinajstić information content (AvgIpc) is 3.21. The Hall–Kier alpha value is -1.10. The molecule has 1 amide bonds. The van der Waals surface area contributed by atoms with E-state index < -0.39 is 5.97 Å². The van der Waals surface area contributed by atoms with Gasteiger partial charge in [-0.2, -0.15) is 0 Å².